The van der Waals surface area contributed by atoms with Gasteiger partial charge in [0.05, 0.1) is 0 Å². The maximum Gasteiger partial charge on any atom is 0.193 e. The fourth-order valence-corrected chi connectivity index (χ4v) is 3.84. The number of guanidine groups is 1. The Kier molecular flexibility index (Phi) is 11.3. The van der Waals surface area contributed by atoms with Crippen LogP contribution in [-0.4, -0.2) is 76.8 Å². The molecule has 28 heavy (non-hydrogen) atoms. The van der Waals surface area contributed by atoms with Gasteiger partial charge in [-0.2, -0.15) is 0 Å². The van der Waals surface area contributed by atoms with Crippen LogP contribution in [0, 0.1) is 0 Å². The van der Waals surface area contributed by atoms with Gasteiger partial charge in [0, 0.05) is 67.6 Å². The molecule has 1 aromatic carbocycles. The summed E-state index contributed by atoms with van der Waals surface area (Å²) in [4.78, 5) is 9.14. The van der Waals surface area contributed by atoms with Crippen molar-refractivity contribution in [1.29, 1.82) is 0 Å². The molecule has 0 saturated carbocycles. The minimum atomic E-state index is -0.838. The van der Waals surface area contributed by atoms with Gasteiger partial charge < -0.3 is 10.2 Å². The van der Waals surface area contributed by atoms with Gasteiger partial charge in [-0.15, -0.1) is 24.0 Å². The molecule has 0 spiro atoms. The van der Waals surface area contributed by atoms with Gasteiger partial charge >= 0.3 is 0 Å². The van der Waals surface area contributed by atoms with Crippen LogP contribution in [0.1, 0.15) is 26.3 Å². The van der Waals surface area contributed by atoms with Crippen molar-refractivity contribution >= 4 is 46.8 Å². The highest BCUT2D eigenvalue weighted by atomic mass is 127. The maximum atomic E-state index is 12.2. The van der Waals surface area contributed by atoms with E-state index in [2.05, 4.69) is 56.5 Å². The van der Waals surface area contributed by atoms with E-state index in [9.17, 15) is 4.21 Å². The first-order valence-corrected chi connectivity index (χ1v) is 11.0. The SMILES string of the molecule is CN=C(NCCS(=O)C(C)(C)C)N1CCN(C/C=C/c2ccccc2)CC1.I. The molecule has 0 bridgehead atoms. The molecule has 1 heterocycles. The molecular formula is C21H35IN4OS. The van der Waals surface area contributed by atoms with Crippen molar-refractivity contribution in [2.75, 3.05) is 52.1 Å². The topological polar surface area (TPSA) is 47.9 Å². The van der Waals surface area contributed by atoms with Gasteiger partial charge in [0.1, 0.15) is 0 Å². The highest BCUT2D eigenvalue weighted by Gasteiger charge is 2.21. The fourth-order valence-electron chi connectivity index (χ4n) is 2.94. The van der Waals surface area contributed by atoms with Crippen LogP contribution in [0.4, 0.5) is 0 Å². The Balaban J connectivity index is 0.00000392. The van der Waals surface area contributed by atoms with Crippen molar-refractivity contribution in [3.63, 3.8) is 0 Å². The molecule has 1 aliphatic rings. The number of hydrogen-bond donors (Lipinski definition) is 1. The molecule has 1 saturated heterocycles. The van der Waals surface area contributed by atoms with E-state index in [1.165, 1.54) is 5.56 Å². The monoisotopic (exact) mass is 518 g/mol. The normalized spacial score (nSPS) is 17.4. The predicted molar refractivity (Wildman–Crippen MR) is 133 cm³/mol. The Bertz CT molecular complexity index is 650. The molecule has 5 nitrogen and oxygen atoms in total. The first kappa shape index (κ1) is 25.1. The molecule has 1 aromatic rings. The summed E-state index contributed by atoms with van der Waals surface area (Å²) in [5, 5.41) is 3.37. The summed E-state index contributed by atoms with van der Waals surface area (Å²) < 4.78 is 12.0. The third-order valence-corrected chi connectivity index (χ3v) is 6.55. The quantitative estimate of drug-likeness (QED) is 0.358. The summed E-state index contributed by atoms with van der Waals surface area (Å²) in [6.45, 7) is 11.7. The molecular weight excluding hydrogens is 483 g/mol. The van der Waals surface area contributed by atoms with Crippen LogP contribution in [0.3, 0.4) is 0 Å². The molecule has 0 radical (unpaired) electrons. The second-order valence-corrected chi connectivity index (χ2v) is 10.1. The Morgan fingerprint density at radius 2 is 1.82 bits per heavy atom. The Labute approximate surface area is 190 Å². The number of benzene rings is 1. The third-order valence-electron chi connectivity index (χ3n) is 4.61. The molecule has 1 unspecified atom stereocenters. The smallest absolute Gasteiger partial charge is 0.193 e. The van der Waals surface area contributed by atoms with Crippen LogP contribution in [0.15, 0.2) is 41.4 Å². The first-order chi connectivity index (χ1) is 12.9. The van der Waals surface area contributed by atoms with Gasteiger partial charge in [-0.05, 0) is 26.3 Å². The van der Waals surface area contributed by atoms with Gasteiger partial charge in [-0.1, -0.05) is 42.5 Å². The van der Waals surface area contributed by atoms with Crippen LogP contribution in [0.2, 0.25) is 0 Å². The Morgan fingerprint density at radius 3 is 2.39 bits per heavy atom. The third kappa shape index (κ3) is 8.61. The number of nitrogens with one attached hydrogen (secondary N) is 1. The number of halogens is 1. The molecule has 0 amide bonds. The predicted octanol–water partition coefficient (Wildman–Crippen LogP) is 3.06. The number of hydrogen-bond acceptors (Lipinski definition) is 3. The molecule has 1 fully saturated rings. The second kappa shape index (κ2) is 12.6. The number of piperazine rings is 1. The highest BCUT2D eigenvalue weighted by Crippen LogP contribution is 2.10. The Morgan fingerprint density at radius 1 is 1.18 bits per heavy atom. The second-order valence-electron chi connectivity index (χ2n) is 7.74. The van der Waals surface area contributed by atoms with Gasteiger partial charge in [-0.25, -0.2) is 0 Å². The van der Waals surface area contributed by atoms with Crippen LogP contribution >= 0.6 is 24.0 Å². The van der Waals surface area contributed by atoms with Crippen molar-refractivity contribution < 1.29 is 4.21 Å². The van der Waals surface area contributed by atoms with Crippen molar-refractivity contribution in [3.05, 3.63) is 42.0 Å². The molecule has 0 aromatic heterocycles. The lowest BCUT2D eigenvalue weighted by atomic mass is 10.2. The number of rotatable bonds is 6. The lowest BCUT2D eigenvalue weighted by Gasteiger charge is -2.36. The molecule has 0 aliphatic carbocycles. The lowest BCUT2D eigenvalue weighted by Crippen LogP contribution is -2.53. The first-order valence-electron chi connectivity index (χ1n) is 9.68. The van der Waals surface area contributed by atoms with E-state index in [-0.39, 0.29) is 28.7 Å². The molecule has 158 valence electrons. The van der Waals surface area contributed by atoms with Crippen LogP contribution < -0.4 is 5.32 Å². The molecule has 1 N–H and O–H groups in total. The zero-order valence-electron chi connectivity index (χ0n) is 17.6. The minimum Gasteiger partial charge on any atom is -0.355 e. The summed E-state index contributed by atoms with van der Waals surface area (Å²) in [5.41, 5.74) is 1.24. The van der Waals surface area contributed by atoms with Crippen LogP contribution in [0.25, 0.3) is 6.08 Å². The lowest BCUT2D eigenvalue weighted by molar-refractivity contribution is 0.194. The molecule has 1 aliphatic heterocycles. The van der Waals surface area contributed by atoms with E-state index in [1.54, 1.807) is 0 Å². The zero-order valence-corrected chi connectivity index (χ0v) is 20.7. The van der Waals surface area contributed by atoms with E-state index in [0.717, 1.165) is 38.7 Å². The summed E-state index contributed by atoms with van der Waals surface area (Å²) in [6, 6.07) is 10.4. The zero-order chi connectivity index (χ0) is 19.7. The summed E-state index contributed by atoms with van der Waals surface area (Å²) in [6.07, 6.45) is 4.42. The van der Waals surface area contributed by atoms with Gasteiger partial charge in [0.2, 0.25) is 0 Å². The molecule has 2 rings (SSSR count). The van der Waals surface area contributed by atoms with Crippen LogP contribution in [0.5, 0.6) is 0 Å². The standard InChI is InChI=1S/C21H34N4OS.HI/c1-21(2,3)27(26)18-12-23-20(22-4)25-16-14-24(15-17-25)13-8-11-19-9-6-5-7-10-19;/h5-11H,12-18H2,1-4H3,(H,22,23);1H/b11-8+;. The summed E-state index contributed by atoms with van der Waals surface area (Å²) in [7, 11) is 0.980. The van der Waals surface area contributed by atoms with E-state index in [0.29, 0.717) is 12.3 Å². The molecule has 1 atom stereocenters. The maximum absolute atomic E-state index is 12.2. The van der Waals surface area contributed by atoms with Crippen molar-refractivity contribution in [2.45, 2.75) is 25.5 Å². The minimum absolute atomic E-state index is 0. The van der Waals surface area contributed by atoms with Gasteiger partial charge in [0.25, 0.3) is 0 Å². The van der Waals surface area contributed by atoms with E-state index >= 15 is 0 Å². The average molecular weight is 519 g/mol. The van der Waals surface area contributed by atoms with Crippen molar-refractivity contribution in [2.24, 2.45) is 4.99 Å². The summed E-state index contributed by atoms with van der Waals surface area (Å²) >= 11 is 0. The number of aliphatic imine (C=N–C) groups is 1. The van der Waals surface area contributed by atoms with Crippen molar-refractivity contribution in [1.82, 2.24) is 15.1 Å². The van der Waals surface area contributed by atoms with E-state index in [1.807, 2.05) is 33.9 Å². The average Bonchev–Trinajstić information content (AvgIpc) is 2.66. The van der Waals surface area contributed by atoms with E-state index in [4.69, 9.17) is 0 Å². The van der Waals surface area contributed by atoms with E-state index < -0.39 is 10.8 Å². The van der Waals surface area contributed by atoms with Gasteiger partial charge in [0.15, 0.2) is 5.96 Å². The van der Waals surface area contributed by atoms with Crippen molar-refractivity contribution in [3.8, 4) is 0 Å². The Hall–Kier alpha value is -0.930. The van der Waals surface area contributed by atoms with Crippen LogP contribution in [-0.2, 0) is 10.8 Å². The molecule has 7 heteroatoms. The fraction of sp³-hybridized carbons (Fsp3) is 0.571. The highest BCUT2D eigenvalue weighted by molar-refractivity contribution is 14.0. The summed E-state index contributed by atoms with van der Waals surface area (Å²) in [5.74, 6) is 1.56. The number of nitrogens with zero attached hydrogens (tertiary/aromatic N) is 3. The van der Waals surface area contributed by atoms with Gasteiger partial charge in [-0.3, -0.25) is 14.1 Å². The largest absolute Gasteiger partial charge is 0.355 e.